The molecule has 94 valence electrons. The van der Waals surface area contributed by atoms with E-state index >= 15 is 0 Å². The zero-order valence-electron chi connectivity index (χ0n) is 10.4. The highest BCUT2D eigenvalue weighted by atomic mass is 32.2. The van der Waals surface area contributed by atoms with Gasteiger partial charge in [0.05, 0.1) is 5.75 Å². The minimum absolute atomic E-state index is 0.158. The largest absolute Gasteiger partial charge is 0.316 e. The molecule has 16 heavy (non-hydrogen) atoms. The fourth-order valence-electron chi connectivity index (χ4n) is 2.68. The lowest BCUT2D eigenvalue weighted by molar-refractivity contribution is 0.411. The summed E-state index contributed by atoms with van der Waals surface area (Å²) in [6, 6.07) is 0. The SMILES string of the molecule is CC(C)(C)CS(=O)(=O)N1CC2CNCC2C1. The molecule has 0 bridgehead atoms. The number of nitrogens with one attached hydrogen (secondary N) is 1. The molecule has 5 heteroatoms. The zero-order valence-corrected chi connectivity index (χ0v) is 11.2. The first-order valence-electron chi connectivity index (χ1n) is 5.96. The average molecular weight is 246 g/mol. The van der Waals surface area contributed by atoms with E-state index in [9.17, 15) is 8.42 Å². The van der Waals surface area contributed by atoms with Crippen molar-refractivity contribution in [1.29, 1.82) is 0 Å². The van der Waals surface area contributed by atoms with Gasteiger partial charge in [-0.05, 0) is 30.3 Å². The van der Waals surface area contributed by atoms with E-state index in [0.717, 1.165) is 26.2 Å². The number of fused-ring (bicyclic) bond motifs is 1. The van der Waals surface area contributed by atoms with E-state index in [1.165, 1.54) is 0 Å². The topological polar surface area (TPSA) is 49.4 Å². The Kier molecular flexibility index (Phi) is 3.05. The summed E-state index contributed by atoms with van der Waals surface area (Å²) in [4.78, 5) is 0. The van der Waals surface area contributed by atoms with E-state index < -0.39 is 10.0 Å². The maximum absolute atomic E-state index is 12.2. The van der Waals surface area contributed by atoms with E-state index in [2.05, 4.69) is 5.32 Å². The van der Waals surface area contributed by atoms with Gasteiger partial charge in [0, 0.05) is 13.1 Å². The molecule has 2 rings (SSSR count). The van der Waals surface area contributed by atoms with Gasteiger partial charge in [0.1, 0.15) is 0 Å². The van der Waals surface area contributed by atoms with Crippen LogP contribution in [0.15, 0.2) is 0 Å². The molecule has 0 saturated carbocycles. The molecule has 2 heterocycles. The van der Waals surface area contributed by atoms with Crippen LogP contribution in [0.1, 0.15) is 20.8 Å². The summed E-state index contributed by atoms with van der Waals surface area (Å²) in [7, 11) is -3.05. The Morgan fingerprint density at radius 1 is 1.19 bits per heavy atom. The molecular formula is C11H22N2O2S. The van der Waals surface area contributed by atoms with Gasteiger partial charge < -0.3 is 5.32 Å². The van der Waals surface area contributed by atoms with Crippen LogP contribution in [0.2, 0.25) is 0 Å². The van der Waals surface area contributed by atoms with Crippen molar-refractivity contribution in [3.05, 3.63) is 0 Å². The van der Waals surface area contributed by atoms with Crippen molar-refractivity contribution in [3.8, 4) is 0 Å². The zero-order chi connectivity index (χ0) is 12.0. The van der Waals surface area contributed by atoms with Crippen molar-refractivity contribution < 1.29 is 8.42 Å². The van der Waals surface area contributed by atoms with Crippen LogP contribution in [-0.4, -0.2) is 44.7 Å². The van der Waals surface area contributed by atoms with Crippen LogP contribution < -0.4 is 5.32 Å². The first-order valence-corrected chi connectivity index (χ1v) is 7.57. The van der Waals surface area contributed by atoms with E-state index in [1.807, 2.05) is 20.8 Å². The maximum Gasteiger partial charge on any atom is 0.214 e. The molecule has 2 fully saturated rings. The molecule has 4 nitrogen and oxygen atoms in total. The highest BCUT2D eigenvalue weighted by Gasteiger charge is 2.41. The quantitative estimate of drug-likeness (QED) is 0.772. The van der Waals surface area contributed by atoms with Gasteiger partial charge in [-0.3, -0.25) is 0 Å². The number of hydrogen-bond acceptors (Lipinski definition) is 3. The average Bonchev–Trinajstić information content (AvgIpc) is 2.54. The Labute approximate surface area is 98.4 Å². The second kappa shape index (κ2) is 3.96. The third-order valence-electron chi connectivity index (χ3n) is 3.36. The van der Waals surface area contributed by atoms with Gasteiger partial charge in [-0.1, -0.05) is 20.8 Å². The molecule has 1 N–H and O–H groups in total. The van der Waals surface area contributed by atoms with E-state index in [0.29, 0.717) is 11.8 Å². The van der Waals surface area contributed by atoms with Crippen LogP contribution in [0.5, 0.6) is 0 Å². The normalized spacial score (nSPS) is 31.9. The fraction of sp³-hybridized carbons (Fsp3) is 1.00. The molecule has 0 spiro atoms. The molecule has 2 unspecified atom stereocenters. The minimum Gasteiger partial charge on any atom is -0.316 e. The summed E-state index contributed by atoms with van der Waals surface area (Å²) in [5.74, 6) is 1.33. The van der Waals surface area contributed by atoms with Crippen molar-refractivity contribution in [2.45, 2.75) is 20.8 Å². The summed E-state index contributed by atoms with van der Waals surface area (Å²) in [6.45, 7) is 9.32. The van der Waals surface area contributed by atoms with Gasteiger partial charge in [0.2, 0.25) is 10.0 Å². The van der Waals surface area contributed by atoms with Gasteiger partial charge >= 0.3 is 0 Å². The summed E-state index contributed by atoms with van der Waals surface area (Å²) in [5, 5.41) is 3.32. The van der Waals surface area contributed by atoms with Crippen molar-refractivity contribution >= 4 is 10.0 Å². The molecule has 0 aromatic heterocycles. The van der Waals surface area contributed by atoms with Crippen molar-refractivity contribution in [2.24, 2.45) is 17.3 Å². The Morgan fingerprint density at radius 3 is 2.12 bits per heavy atom. The molecule has 0 aromatic carbocycles. The van der Waals surface area contributed by atoms with Gasteiger partial charge in [-0.25, -0.2) is 12.7 Å². The van der Waals surface area contributed by atoms with Crippen LogP contribution >= 0.6 is 0 Å². The Morgan fingerprint density at radius 2 is 1.69 bits per heavy atom. The van der Waals surface area contributed by atoms with Crippen LogP contribution in [0, 0.1) is 17.3 Å². The molecule has 2 aliphatic rings. The third-order valence-corrected chi connectivity index (χ3v) is 5.68. The van der Waals surface area contributed by atoms with Crippen molar-refractivity contribution in [2.75, 3.05) is 31.9 Å². The second-order valence-electron chi connectivity index (χ2n) is 6.31. The summed E-state index contributed by atoms with van der Waals surface area (Å²) >= 11 is 0. The number of sulfonamides is 1. The molecule has 2 atom stereocenters. The fourth-order valence-corrected chi connectivity index (χ4v) is 4.79. The van der Waals surface area contributed by atoms with Crippen molar-refractivity contribution in [3.63, 3.8) is 0 Å². The molecule has 2 aliphatic heterocycles. The first-order chi connectivity index (χ1) is 7.28. The Balaban J connectivity index is 2.03. The highest BCUT2D eigenvalue weighted by molar-refractivity contribution is 7.89. The van der Waals surface area contributed by atoms with Crippen molar-refractivity contribution in [1.82, 2.24) is 9.62 Å². The predicted octanol–water partition coefficient (Wildman–Crippen LogP) is 0.514. The lowest BCUT2D eigenvalue weighted by Gasteiger charge is -2.24. The lowest BCUT2D eigenvalue weighted by atomic mass is 10.0. The predicted molar refractivity (Wildman–Crippen MR) is 64.7 cm³/mol. The number of rotatable bonds is 2. The van der Waals surface area contributed by atoms with E-state index in [4.69, 9.17) is 0 Å². The Bertz CT molecular complexity index is 347. The first kappa shape index (κ1) is 12.3. The molecule has 0 aromatic rings. The molecule has 0 amide bonds. The van der Waals surface area contributed by atoms with Crippen LogP contribution in [0.25, 0.3) is 0 Å². The van der Waals surface area contributed by atoms with E-state index in [1.54, 1.807) is 4.31 Å². The maximum atomic E-state index is 12.2. The summed E-state index contributed by atoms with van der Waals surface area (Å²) in [6.07, 6.45) is 0. The molecule has 0 aliphatic carbocycles. The lowest BCUT2D eigenvalue weighted by Crippen LogP contribution is -2.37. The van der Waals surface area contributed by atoms with Gasteiger partial charge in [-0.15, -0.1) is 0 Å². The number of nitrogens with zero attached hydrogens (tertiary/aromatic N) is 1. The number of hydrogen-bond donors (Lipinski definition) is 1. The second-order valence-corrected chi connectivity index (χ2v) is 8.28. The van der Waals surface area contributed by atoms with Gasteiger partial charge in [-0.2, -0.15) is 0 Å². The monoisotopic (exact) mass is 246 g/mol. The van der Waals surface area contributed by atoms with Gasteiger partial charge in [0.15, 0.2) is 0 Å². The summed E-state index contributed by atoms with van der Waals surface area (Å²) in [5.41, 5.74) is -0.158. The Hall–Kier alpha value is -0.130. The minimum atomic E-state index is -3.05. The van der Waals surface area contributed by atoms with Crippen LogP contribution in [-0.2, 0) is 10.0 Å². The smallest absolute Gasteiger partial charge is 0.214 e. The highest BCUT2D eigenvalue weighted by Crippen LogP contribution is 2.30. The summed E-state index contributed by atoms with van der Waals surface area (Å²) < 4.78 is 26.1. The van der Waals surface area contributed by atoms with Crippen LogP contribution in [0.4, 0.5) is 0 Å². The van der Waals surface area contributed by atoms with Crippen LogP contribution in [0.3, 0.4) is 0 Å². The van der Waals surface area contributed by atoms with Gasteiger partial charge in [0.25, 0.3) is 0 Å². The standard InChI is InChI=1S/C11H22N2O2S/c1-11(2,3)8-16(14,15)13-6-9-4-12-5-10(9)7-13/h9-10,12H,4-8H2,1-3H3. The molecule has 2 saturated heterocycles. The molecule has 0 radical (unpaired) electrons. The molecular weight excluding hydrogens is 224 g/mol. The third kappa shape index (κ3) is 2.57. The van der Waals surface area contributed by atoms with E-state index in [-0.39, 0.29) is 11.2 Å².